The predicted molar refractivity (Wildman–Crippen MR) is 59.3 cm³/mol. The highest BCUT2D eigenvalue weighted by Gasteiger charge is 2.28. The maximum absolute atomic E-state index is 11.8. The fraction of sp³-hybridized carbons (Fsp3) is 0.417. The molecular weight excluding hydrogens is 206 g/mol. The smallest absolute Gasteiger partial charge is 0.251 e. The van der Waals surface area contributed by atoms with Gasteiger partial charge in [-0.15, -0.1) is 0 Å². The van der Waals surface area contributed by atoms with Crippen molar-refractivity contribution in [3.8, 4) is 5.75 Å². The van der Waals surface area contributed by atoms with E-state index in [0.717, 1.165) is 5.56 Å². The Hall–Kier alpha value is -1.55. The van der Waals surface area contributed by atoms with E-state index >= 15 is 0 Å². The molecule has 0 unspecified atom stereocenters. The Morgan fingerprint density at radius 3 is 2.69 bits per heavy atom. The van der Waals surface area contributed by atoms with Crippen molar-refractivity contribution in [2.75, 3.05) is 0 Å². The first kappa shape index (κ1) is 11.0. The molecule has 0 spiro atoms. The van der Waals surface area contributed by atoms with E-state index in [1.807, 2.05) is 0 Å². The lowest BCUT2D eigenvalue weighted by Crippen LogP contribution is -2.46. The number of phenolic OH excluding ortho intramolecular Hbond substituents is 1. The van der Waals surface area contributed by atoms with E-state index < -0.39 is 0 Å². The first-order chi connectivity index (χ1) is 7.56. The molecule has 1 aliphatic rings. The Labute approximate surface area is 93.9 Å². The fourth-order valence-electron chi connectivity index (χ4n) is 1.87. The van der Waals surface area contributed by atoms with Crippen molar-refractivity contribution in [3.05, 3.63) is 29.3 Å². The Bertz CT molecular complexity index is 411. The Morgan fingerprint density at radius 2 is 2.12 bits per heavy atom. The summed E-state index contributed by atoms with van der Waals surface area (Å²) in [6.45, 7) is 1.78. The number of hydrogen-bond donors (Lipinski definition) is 3. The molecule has 0 heterocycles. The molecule has 0 saturated heterocycles. The van der Waals surface area contributed by atoms with Crippen molar-refractivity contribution in [1.29, 1.82) is 0 Å². The normalized spacial score (nSPS) is 23.6. The molecule has 0 radical (unpaired) electrons. The van der Waals surface area contributed by atoms with Gasteiger partial charge in [0, 0.05) is 11.6 Å². The maximum Gasteiger partial charge on any atom is 0.251 e. The zero-order valence-electron chi connectivity index (χ0n) is 9.10. The van der Waals surface area contributed by atoms with Crippen LogP contribution in [-0.4, -0.2) is 28.3 Å². The Morgan fingerprint density at radius 1 is 1.44 bits per heavy atom. The van der Waals surface area contributed by atoms with E-state index in [9.17, 15) is 9.90 Å². The van der Waals surface area contributed by atoms with Crippen LogP contribution in [0.4, 0.5) is 0 Å². The van der Waals surface area contributed by atoms with E-state index in [1.165, 1.54) is 6.07 Å². The molecule has 0 bridgehead atoms. The first-order valence-electron chi connectivity index (χ1n) is 5.35. The number of carbonyl (C=O) groups excluding carboxylic acids is 1. The van der Waals surface area contributed by atoms with Crippen LogP contribution >= 0.6 is 0 Å². The minimum atomic E-state index is -0.272. The number of rotatable bonds is 2. The summed E-state index contributed by atoms with van der Waals surface area (Å²) in [6, 6.07) is 4.74. The number of aliphatic hydroxyl groups is 1. The topological polar surface area (TPSA) is 69.6 Å². The fourth-order valence-corrected chi connectivity index (χ4v) is 1.87. The number of aryl methyl sites for hydroxylation is 1. The number of aliphatic hydroxyl groups excluding tert-OH is 1. The molecule has 2 rings (SSSR count). The summed E-state index contributed by atoms with van der Waals surface area (Å²) < 4.78 is 0. The van der Waals surface area contributed by atoms with Crippen molar-refractivity contribution in [1.82, 2.24) is 5.32 Å². The van der Waals surface area contributed by atoms with E-state index in [4.69, 9.17) is 5.11 Å². The third-order valence-corrected chi connectivity index (χ3v) is 2.90. The molecule has 1 aromatic rings. The lowest BCUT2D eigenvalue weighted by Gasteiger charge is -2.32. The van der Waals surface area contributed by atoms with Crippen LogP contribution in [0, 0.1) is 6.92 Å². The van der Waals surface area contributed by atoms with Crippen molar-refractivity contribution in [2.24, 2.45) is 0 Å². The number of hydrogen-bond acceptors (Lipinski definition) is 3. The van der Waals surface area contributed by atoms with Crippen LogP contribution in [0.5, 0.6) is 5.75 Å². The zero-order valence-corrected chi connectivity index (χ0v) is 9.10. The average molecular weight is 221 g/mol. The summed E-state index contributed by atoms with van der Waals surface area (Å²) >= 11 is 0. The van der Waals surface area contributed by atoms with Crippen LogP contribution < -0.4 is 5.32 Å². The summed E-state index contributed by atoms with van der Waals surface area (Å²) in [4.78, 5) is 11.8. The van der Waals surface area contributed by atoms with E-state index in [0.29, 0.717) is 18.4 Å². The molecular formula is C12H15NO3. The number of amides is 1. The zero-order chi connectivity index (χ0) is 11.7. The molecule has 4 nitrogen and oxygen atoms in total. The summed E-state index contributed by atoms with van der Waals surface area (Å²) in [6.07, 6.45) is 0.984. The summed E-state index contributed by atoms with van der Waals surface area (Å²) in [5.41, 5.74) is 1.32. The highest BCUT2D eigenvalue weighted by molar-refractivity contribution is 5.96. The molecule has 1 aliphatic carbocycles. The lowest BCUT2D eigenvalue weighted by molar-refractivity contribution is 0.0562. The van der Waals surface area contributed by atoms with Gasteiger partial charge in [-0.1, -0.05) is 0 Å². The van der Waals surface area contributed by atoms with E-state index in [1.54, 1.807) is 19.1 Å². The van der Waals surface area contributed by atoms with Crippen molar-refractivity contribution in [2.45, 2.75) is 31.9 Å². The lowest BCUT2D eigenvalue weighted by atomic mass is 9.89. The largest absolute Gasteiger partial charge is 0.508 e. The standard InChI is InChI=1S/C12H15NO3/c1-7-4-9(14)2-3-11(7)12(16)13-8-5-10(15)6-8/h2-4,8,10,14-15H,5-6H2,1H3,(H,13,16). The summed E-state index contributed by atoms with van der Waals surface area (Å²) in [7, 11) is 0. The van der Waals surface area contributed by atoms with Crippen LogP contribution in [-0.2, 0) is 0 Å². The van der Waals surface area contributed by atoms with Crippen molar-refractivity contribution in [3.63, 3.8) is 0 Å². The van der Waals surface area contributed by atoms with Crippen LogP contribution in [0.1, 0.15) is 28.8 Å². The van der Waals surface area contributed by atoms with Gasteiger partial charge in [0.15, 0.2) is 0 Å². The minimum Gasteiger partial charge on any atom is -0.508 e. The Balaban J connectivity index is 2.03. The summed E-state index contributed by atoms with van der Waals surface area (Å²) in [5, 5.41) is 21.2. The van der Waals surface area contributed by atoms with Crippen molar-refractivity contribution >= 4 is 5.91 Å². The molecule has 86 valence electrons. The van der Waals surface area contributed by atoms with Gasteiger partial charge in [0.25, 0.3) is 5.91 Å². The van der Waals surface area contributed by atoms with E-state index in [2.05, 4.69) is 5.32 Å². The number of nitrogens with one attached hydrogen (secondary N) is 1. The highest BCUT2D eigenvalue weighted by Crippen LogP contribution is 2.21. The molecule has 3 N–H and O–H groups in total. The molecule has 1 saturated carbocycles. The molecule has 4 heteroatoms. The van der Waals surface area contributed by atoms with Crippen LogP contribution in [0.2, 0.25) is 0 Å². The second kappa shape index (κ2) is 4.14. The van der Waals surface area contributed by atoms with Gasteiger partial charge >= 0.3 is 0 Å². The van der Waals surface area contributed by atoms with Crippen molar-refractivity contribution < 1.29 is 15.0 Å². The number of phenols is 1. The van der Waals surface area contributed by atoms with Crippen LogP contribution in [0.3, 0.4) is 0 Å². The average Bonchev–Trinajstić information content (AvgIpc) is 2.15. The van der Waals surface area contributed by atoms with Gasteiger partial charge in [-0.05, 0) is 43.5 Å². The molecule has 0 aliphatic heterocycles. The van der Waals surface area contributed by atoms with Gasteiger partial charge in [-0.2, -0.15) is 0 Å². The minimum absolute atomic E-state index is 0.0794. The number of carbonyl (C=O) groups is 1. The van der Waals surface area contributed by atoms with Gasteiger partial charge in [0.1, 0.15) is 5.75 Å². The predicted octanol–water partition coefficient (Wildman–Crippen LogP) is 0.954. The second-order valence-electron chi connectivity index (χ2n) is 4.29. The first-order valence-corrected chi connectivity index (χ1v) is 5.35. The maximum atomic E-state index is 11.8. The van der Waals surface area contributed by atoms with Crippen LogP contribution in [0.25, 0.3) is 0 Å². The molecule has 1 fully saturated rings. The monoisotopic (exact) mass is 221 g/mol. The third-order valence-electron chi connectivity index (χ3n) is 2.90. The SMILES string of the molecule is Cc1cc(O)ccc1C(=O)NC1CC(O)C1. The Kier molecular flexibility index (Phi) is 2.83. The number of aromatic hydroxyl groups is 1. The quantitative estimate of drug-likeness (QED) is 0.696. The van der Waals surface area contributed by atoms with Gasteiger partial charge in [0.2, 0.25) is 0 Å². The molecule has 1 aromatic carbocycles. The molecule has 0 atom stereocenters. The molecule has 1 amide bonds. The van der Waals surface area contributed by atoms with E-state index in [-0.39, 0.29) is 23.8 Å². The van der Waals surface area contributed by atoms with Gasteiger partial charge in [0.05, 0.1) is 6.10 Å². The highest BCUT2D eigenvalue weighted by atomic mass is 16.3. The van der Waals surface area contributed by atoms with Gasteiger partial charge in [-0.3, -0.25) is 4.79 Å². The molecule has 16 heavy (non-hydrogen) atoms. The van der Waals surface area contributed by atoms with Gasteiger partial charge in [-0.25, -0.2) is 0 Å². The summed E-state index contributed by atoms with van der Waals surface area (Å²) in [5.74, 6) is 0.0162. The van der Waals surface area contributed by atoms with Gasteiger partial charge < -0.3 is 15.5 Å². The number of benzene rings is 1. The molecule has 0 aromatic heterocycles. The van der Waals surface area contributed by atoms with Crippen LogP contribution in [0.15, 0.2) is 18.2 Å². The second-order valence-corrected chi connectivity index (χ2v) is 4.29. The third kappa shape index (κ3) is 2.17.